The highest BCUT2D eigenvalue weighted by Crippen LogP contribution is 2.25. The lowest BCUT2D eigenvalue weighted by molar-refractivity contribution is 0.0690. The predicted molar refractivity (Wildman–Crippen MR) is 68.0 cm³/mol. The monoisotopic (exact) mass is 314 g/mol. The number of carbonyl (C=O) groups is 1. The summed E-state index contributed by atoms with van der Waals surface area (Å²) in [5, 5.41) is 13.4. The number of carboxylic acids is 1. The number of benzene rings is 1. The van der Waals surface area contributed by atoms with Crippen molar-refractivity contribution >= 4 is 33.5 Å². The van der Waals surface area contributed by atoms with Gasteiger partial charge in [0, 0.05) is 10.2 Å². The van der Waals surface area contributed by atoms with Crippen LogP contribution in [0.15, 0.2) is 28.7 Å². The summed E-state index contributed by atoms with van der Waals surface area (Å²) in [6, 6.07) is 6.82. The molecule has 0 atom stereocenters. The second-order valence-corrected chi connectivity index (χ2v) is 4.81. The summed E-state index contributed by atoms with van der Waals surface area (Å²) in [5.41, 5.74) is 1.35. The Hall–Kier alpha value is -1.33. The first-order chi connectivity index (χ1) is 7.99. The molecule has 0 amide bonds. The average molecular weight is 316 g/mol. The van der Waals surface area contributed by atoms with Gasteiger partial charge in [-0.25, -0.2) is 9.48 Å². The molecule has 0 saturated heterocycles. The van der Waals surface area contributed by atoms with Crippen molar-refractivity contribution in [2.45, 2.75) is 6.92 Å². The molecule has 2 aromatic rings. The van der Waals surface area contributed by atoms with Gasteiger partial charge < -0.3 is 5.11 Å². The van der Waals surface area contributed by atoms with Gasteiger partial charge in [-0.2, -0.15) is 5.10 Å². The summed E-state index contributed by atoms with van der Waals surface area (Å²) in [6.45, 7) is 1.77. The maximum absolute atomic E-state index is 10.8. The number of aromatic carboxylic acids is 1. The molecule has 0 radical (unpaired) electrons. The zero-order valence-electron chi connectivity index (χ0n) is 8.82. The van der Waals surface area contributed by atoms with Crippen LogP contribution in [0, 0.1) is 6.92 Å². The Kier molecular flexibility index (Phi) is 3.22. The van der Waals surface area contributed by atoms with Crippen molar-refractivity contribution in [3.8, 4) is 5.69 Å². The molecule has 0 aliphatic heterocycles. The number of aromatic nitrogens is 2. The first-order valence-corrected chi connectivity index (χ1v) is 5.91. The summed E-state index contributed by atoms with van der Waals surface area (Å²) in [5.74, 6) is -1.06. The molecule has 1 N–H and O–H groups in total. The van der Waals surface area contributed by atoms with Crippen molar-refractivity contribution in [1.82, 2.24) is 9.78 Å². The van der Waals surface area contributed by atoms with E-state index in [2.05, 4.69) is 21.0 Å². The second kappa shape index (κ2) is 4.50. The number of hydrogen-bond donors (Lipinski definition) is 1. The summed E-state index contributed by atoms with van der Waals surface area (Å²) in [6.07, 6.45) is 0. The number of carboxylic acid groups (broad SMARTS) is 1. The molecule has 2 rings (SSSR count). The summed E-state index contributed by atoms with van der Waals surface area (Å²) in [4.78, 5) is 10.8. The molecule has 1 aromatic heterocycles. The van der Waals surface area contributed by atoms with Crippen LogP contribution in [0.25, 0.3) is 5.69 Å². The molecule has 88 valence electrons. The minimum Gasteiger partial charge on any atom is -0.476 e. The van der Waals surface area contributed by atoms with Gasteiger partial charge in [-0.05, 0) is 31.2 Å². The highest BCUT2D eigenvalue weighted by atomic mass is 79.9. The van der Waals surface area contributed by atoms with E-state index >= 15 is 0 Å². The number of hydrogen-bond acceptors (Lipinski definition) is 2. The van der Waals surface area contributed by atoms with E-state index in [0.717, 1.165) is 4.47 Å². The Labute approximate surface area is 111 Å². The van der Waals surface area contributed by atoms with E-state index in [1.54, 1.807) is 19.1 Å². The molecule has 0 saturated carbocycles. The number of rotatable bonds is 2. The predicted octanol–water partition coefficient (Wildman–Crippen LogP) is 3.29. The fourth-order valence-electron chi connectivity index (χ4n) is 1.47. The smallest absolute Gasteiger partial charge is 0.356 e. The second-order valence-electron chi connectivity index (χ2n) is 3.48. The van der Waals surface area contributed by atoms with Crippen LogP contribution in [-0.4, -0.2) is 20.9 Å². The molecule has 6 heteroatoms. The van der Waals surface area contributed by atoms with Crippen molar-refractivity contribution in [3.63, 3.8) is 0 Å². The van der Waals surface area contributed by atoms with E-state index in [0.29, 0.717) is 16.4 Å². The Morgan fingerprint density at radius 2 is 2.18 bits per heavy atom. The van der Waals surface area contributed by atoms with Crippen molar-refractivity contribution in [2.24, 2.45) is 0 Å². The topological polar surface area (TPSA) is 55.1 Å². The SMILES string of the molecule is Cc1cc(C(=O)O)nn1-c1cc(Br)ccc1Cl. The van der Waals surface area contributed by atoms with E-state index in [9.17, 15) is 4.79 Å². The molecule has 0 unspecified atom stereocenters. The zero-order chi connectivity index (χ0) is 12.6. The van der Waals surface area contributed by atoms with Crippen LogP contribution in [0.2, 0.25) is 5.02 Å². The molecule has 0 aliphatic rings. The van der Waals surface area contributed by atoms with Crippen molar-refractivity contribution in [3.05, 3.63) is 45.1 Å². The van der Waals surface area contributed by atoms with Crippen LogP contribution in [0.4, 0.5) is 0 Å². The lowest BCUT2D eigenvalue weighted by Gasteiger charge is -2.06. The lowest BCUT2D eigenvalue weighted by atomic mass is 10.3. The maximum atomic E-state index is 10.8. The van der Waals surface area contributed by atoms with Crippen LogP contribution < -0.4 is 0 Å². The Bertz CT molecular complexity index is 595. The van der Waals surface area contributed by atoms with Crippen LogP contribution >= 0.6 is 27.5 Å². The third-order valence-corrected chi connectivity index (χ3v) is 3.06. The van der Waals surface area contributed by atoms with Crippen LogP contribution in [0.3, 0.4) is 0 Å². The van der Waals surface area contributed by atoms with Crippen molar-refractivity contribution in [1.29, 1.82) is 0 Å². The molecule has 0 fully saturated rings. The summed E-state index contributed by atoms with van der Waals surface area (Å²) in [7, 11) is 0. The van der Waals surface area contributed by atoms with Crippen LogP contribution in [0.5, 0.6) is 0 Å². The highest BCUT2D eigenvalue weighted by Gasteiger charge is 2.13. The van der Waals surface area contributed by atoms with Gasteiger partial charge in [-0.15, -0.1) is 0 Å². The molecule has 4 nitrogen and oxygen atoms in total. The van der Waals surface area contributed by atoms with Gasteiger partial charge in [0.15, 0.2) is 5.69 Å². The fourth-order valence-corrected chi connectivity index (χ4v) is 2.02. The largest absolute Gasteiger partial charge is 0.476 e. The van der Waals surface area contributed by atoms with Crippen molar-refractivity contribution < 1.29 is 9.90 Å². The van der Waals surface area contributed by atoms with E-state index in [-0.39, 0.29) is 5.69 Å². The van der Waals surface area contributed by atoms with E-state index in [1.807, 2.05) is 6.07 Å². The highest BCUT2D eigenvalue weighted by molar-refractivity contribution is 9.10. The van der Waals surface area contributed by atoms with Crippen molar-refractivity contribution in [2.75, 3.05) is 0 Å². The lowest BCUT2D eigenvalue weighted by Crippen LogP contribution is -2.02. The van der Waals surface area contributed by atoms with Gasteiger partial charge in [0.05, 0.1) is 10.7 Å². The van der Waals surface area contributed by atoms with Gasteiger partial charge in [0.1, 0.15) is 0 Å². The van der Waals surface area contributed by atoms with E-state index in [1.165, 1.54) is 10.7 Å². The van der Waals surface area contributed by atoms with Gasteiger partial charge in [-0.3, -0.25) is 0 Å². The first kappa shape index (κ1) is 12.1. The quantitative estimate of drug-likeness (QED) is 0.925. The fraction of sp³-hybridized carbons (Fsp3) is 0.0909. The molecule has 0 bridgehead atoms. The Morgan fingerprint density at radius 1 is 1.47 bits per heavy atom. The maximum Gasteiger partial charge on any atom is 0.356 e. The van der Waals surface area contributed by atoms with Gasteiger partial charge >= 0.3 is 5.97 Å². The van der Waals surface area contributed by atoms with E-state index < -0.39 is 5.97 Å². The molecule has 17 heavy (non-hydrogen) atoms. The number of halogens is 2. The van der Waals surface area contributed by atoms with Gasteiger partial charge in [0.25, 0.3) is 0 Å². The molecular formula is C11H8BrClN2O2. The zero-order valence-corrected chi connectivity index (χ0v) is 11.2. The Morgan fingerprint density at radius 3 is 2.76 bits per heavy atom. The van der Waals surface area contributed by atoms with Gasteiger partial charge in [-0.1, -0.05) is 27.5 Å². The molecule has 0 spiro atoms. The van der Waals surface area contributed by atoms with E-state index in [4.69, 9.17) is 16.7 Å². The molecule has 1 heterocycles. The number of aryl methyl sites for hydroxylation is 1. The summed E-state index contributed by atoms with van der Waals surface area (Å²) < 4.78 is 2.36. The summed E-state index contributed by atoms with van der Waals surface area (Å²) >= 11 is 9.40. The average Bonchev–Trinajstić information content (AvgIpc) is 2.64. The standard InChI is InChI=1S/C11H8BrClN2O2/c1-6-4-9(11(16)17)14-15(6)10-5-7(12)2-3-8(10)13/h2-5H,1H3,(H,16,17). The molecule has 0 aliphatic carbocycles. The normalized spacial score (nSPS) is 10.5. The third kappa shape index (κ3) is 2.35. The van der Waals surface area contributed by atoms with Gasteiger partial charge in [0.2, 0.25) is 0 Å². The molecular weight excluding hydrogens is 307 g/mol. The first-order valence-electron chi connectivity index (χ1n) is 4.74. The van der Waals surface area contributed by atoms with Crippen LogP contribution in [0.1, 0.15) is 16.2 Å². The Balaban J connectivity index is 2.60. The minimum absolute atomic E-state index is 0.00135. The number of nitrogens with zero attached hydrogens (tertiary/aromatic N) is 2. The molecule has 1 aromatic carbocycles. The third-order valence-electron chi connectivity index (χ3n) is 2.24. The van der Waals surface area contributed by atoms with Crippen LogP contribution in [-0.2, 0) is 0 Å². The minimum atomic E-state index is -1.06.